The molecule has 1 fully saturated rings. The summed E-state index contributed by atoms with van der Waals surface area (Å²) in [5.41, 5.74) is 6.32. The molecule has 0 aliphatic carbocycles. The molecule has 19 heavy (non-hydrogen) atoms. The molecule has 1 heterocycles. The van der Waals surface area contributed by atoms with E-state index < -0.39 is 0 Å². The van der Waals surface area contributed by atoms with Gasteiger partial charge in [0.25, 0.3) is 5.91 Å². The Labute approximate surface area is 120 Å². The Bertz CT molecular complexity index is 439. The van der Waals surface area contributed by atoms with Gasteiger partial charge in [0, 0.05) is 12.6 Å². The molecule has 2 atom stereocenters. The van der Waals surface area contributed by atoms with Gasteiger partial charge in [-0.25, -0.2) is 0 Å². The fraction of sp³-hybridized carbons (Fsp3) is 0.500. The van der Waals surface area contributed by atoms with Gasteiger partial charge in [0.2, 0.25) is 0 Å². The number of methoxy groups -OCH3 is 1. The molecule has 2 N–H and O–H groups in total. The monoisotopic (exact) mass is 284 g/mol. The Morgan fingerprint density at radius 3 is 2.74 bits per heavy atom. The van der Waals surface area contributed by atoms with Crippen LogP contribution in [0.4, 0.5) is 0 Å². The van der Waals surface area contributed by atoms with Crippen LogP contribution in [0.3, 0.4) is 0 Å². The molecule has 1 saturated heterocycles. The van der Waals surface area contributed by atoms with Crippen molar-refractivity contribution in [3.63, 3.8) is 0 Å². The first-order valence-electron chi connectivity index (χ1n) is 6.31. The number of benzene rings is 1. The molecule has 2 unspecified atom stereocenters. The highest BCUT2D eigenvalue weighted by molar-refractivity contribution is 5.97. The van der Waals surface area contributed by atoms with Gasteiger partial charge in [-0.1, -0.05) is 12.1 Å². The van der Waals surface area contributed by atoms with Gasteiger partial charge in [-0.3, -0.25) is 4.79 Å². The maximum absolute atomic E-state index is 12.5. The number of ether oxygens (including phenoxy) is 1. The number of nitrogens with zero attached hydrogens (tertiary/aromatic N) is 1. The lowest BCUT2D eigenvalue weighted by Crippen LogP contribution is -2.34. The number of amides is 1. The van der Waals surface area contributed by atoms with Crippen molar-refractivity contribution >= 4 is 18.3 Å². The molecule has 0 aromatic heterocycles. The minimum atomic E-state index is 0. The molecule has 1 aromatic carbocycles. The van der Waals surface area contributed by atoms with Crippen LogP contribution < -0.4 is 10.5 Å². The van der Waals surface area contributed by atoms with E-state index in [0.717, 1.165) is 13.0 Å². The van der Waals surface area contributed by atoms with Gasteiger partial charge in [0.15, 0.2) is 0 Å². The fourth-order valence-electron chi connectivity index (χ4n) is 2.57. The topological polar surface area (TPSA) is 55.6 Å². The van der Waals surface area contributed by atoms with E-state index in [9.17, 15) is 4.79 Å². The average Bonchev–Trinajstić information content (AvgIpc) is 2.79. The van der Waals surface area contributed by atoms with Crippen molar-refractivity contribution in [2.75, 3.05) is 20.2 Å². The van der Waals surface area contributed by atoms with Crippen molar-refractivity contribution in [2.45, 2.75) is 19.4 Å². The van der Waals surface area contributed by atoms with Gasteiger partial charge in [-0.05, 0) is 37.9 Å². The third-order valence-electron chi connectivity index (χ3n) is 3.59. The maximum Gasteiger partial charge on any atom is 0.257 e. The molecule has 0 radical (unpaired) electrons. The predicted octanol–water partition coefficient (Wildman–Crippen LogP) is 1.93. The Morgan fingerprint density at radius 2 is 2.16 bits per heavy atom. The van der Waals surface area contributed by atoms with Crippen LogP contribution in [0.2, 0.25) is 0 Å². The minimum Gasteiger partial charge on any atom is -0.496 e. The average molecular weight is 285 g/mol. The zero-order valence-electron chi connectivity index (χ0n) is 11.3. The number of rotatable bonds is 3. The molecule has 0 saturated carbocycles. The molecule has 106 valence electrons. The highest BCUT2D eigenvalue weighted by Crippen LogP contribution is 2.27. The lowest BCUT2D eigenvalue weighted by atomic mass is 10.1. The van der Waals surface area contributed by atoms with Crippen LogP contribution in [-0.2, 0) is 0 Å². The number of likely N-dealkylation sites (tertiary alicyclic amines) is 1. The standard InChI is InChI=1S/C14H20N2O2.ClH/c1-10-7-11(8-15)9-16(10)14(17)12-5-3-4-6-13(12)18-2;/h3-6,10-11H,7-9,15H2,1-2H3;1H. The summed E-state index contributed by atoms with van der Waals surface area (Å²) in [5, 5.41) is 0. The molecule has 1 aliphatic rings. The predicted molar refractivity (Wildman–Crippen MR) is 77.9 cm³/mol. The maximum atomic E-state index is 12.5. The quantitative estimate of drug-likeness (QED) is 0.923. The minimum absolute atomic E-state index is 0. The van der Waals surface area contributed by atoms with Gasteiger partial charge in [0.05, 0.1) is 12.7 Å². The zero-order chi connectivity index (χ0) is 13.1. The second kappa shape index (κ2) is 6.78. The number of nitrogens with two attached hydrogens (primary N) is 1. The lowest BCUT2D eigenvalue weighted by Gasteiger charge is -2.22. The smallest absolute Gasteiger partial charge is 0.257 e. The molecular formula is C14H21ClN2O2. The molecule has 5 heteroatoms. The summed E-state index contributed by atoms with van der Waals surface area (Å²) in [7, 11) is 1.59. The Balaban J connectivity index is 0.00000180. The first kappa shape index (κ1) is 15.8. The zero-order valence-corrected chi connectivity index (χ0v) is 12.2. The first-order valence-corrected chi connectivity index (χ1v) is 6.31. The van der Waals surface area contributed by atoms with Crippen molar-refractivity contribution in [1.82, 2.24) is 4.90 Å². The summed E-state index contributed by atoms with van der Waals surface area (Å²) < 4.78 is 5.24. The summed E-state index contributed by atoms with van der Waals surface area (Å²) in [6.07, 6.45) is 0.984. The van der Waals surface area contributed by atoms with Crippen molar-refractivity contribution in [3.8, 4) is 5.75 Å². The molecule has 1 aromatic rings. The molecule has 1 aliphatic heterocycles. The molecule has 0 bridgehead atoms. The second-order valence-corrected chi connectivity index (χ2v) is 4.84. The highest BCUT2D eigenvalue weighted by Gasteiger charge is 2.32. The van der Waals surface area contributed by atoms with Gasteiger partial charge in [-0.2, -0.15) is 0 Å². The van der Waals surface area contributed by atoms with Gasteiger partial charge in [-0.15, -0.1) is 12.4 Å². The van der Waals surface area contributed by atoms with E-state index in [0.29, 0.717) is 23.8 Å². The van der Waals surface area contributed by atoms with Crippen molar-refractivity contribution in [2.24, 2.45) is 11.7 Å². The Hall–Kier alpha value is -1.26. The van der Waals surface area contributed by atoms with E-state index in [1.54, 1.807) is 7.11 Å². The molecule has 2 rings (SSSR count). The second-order valence-electron chi connectivity index (χ2n) is 4.84. The SMILES string of the molecule is COc1ccccc1C(=O)N1CC(CN)CC1C.Cl. The van der Waals surface area contributed by atoms with Crippen LogP contribution >= 0.6 is 12.4 Å². The van der Waals surface area contributed by atoms with Gasteiger partial charge in [0.1, 0.15) is 5.75 Å². The van der Waals surface area contributed by atoms with E-state index in [2.05, 4.69) is 6.92 Å². The van der Waals surface area contributed by atoms with E-state index >= 15 is 0 Å². The van der Waals surface area contributed by atoms with E-state index in [1.165, 1.54) is 0 Å². The number of carbonyl (C=O) groups excluding carboxylic acids is 1. The Kier molecular flexibility index (Phi) is 5.63. The molecule has 1 amide bonds. The highest BCUT2D eigenvalue weighted by atomic mass is 35.5. The normalized spacial score (nSPS) is 21.9. The van der Waals surface area contributed by atoms with Crippen LogP contribution in [0.15, 0.2) is 24.3 Å². The van der Waals surface area contributed by atoms with Crippen molar-refractivity contribution < 1.29 is 9.53 Å². The van der Waals surface area contributed by atoms with Crippen LogP contribution in [0.25, 0.3) is 0 Å². The molecule has 0 spiro atoms. The van der Waals surface area contributed by atoms with Crippen LogP contribution in [0, 0.1) is 5.92 Å². The number of para-hydroxylation sites is 1. The molecular weight excluding hydrogens is 264 g/mol. The molecule has 4 nitrogen and oxygen atoms in total. The number of hydrogen-bond acceptors (Lipinski definition) is 3. The van der Waals surface area contributed by atoms with Gasteiger partial charge >= 0.3 is 0 Å². The third-order valence-corrected chi connectivity index (χ3v) is 3.59. The summed E-state index contributed by atoms with van der Waals surface area (Å²) in [6.45, 7) is 3.46. The fourth-order valence-corrected chi connectivity index (χ4v) is 2.57. The van der Waals surface area contributed by atoms with Gasteiger partial charge < -0.3 is 15.4 Å². The Morgan fingerprint density at radius 1 is 1.47 bits per heavy atom. The largest absolute Gasteiger partial charge is 0.496 e. The van der Waals surface area contributed by atoms with Crippen LogP contribution in [-0.4, -0.2) is 37.0 Å². The van der Waals surface area contributed by atoms with Crippen LogP contribution in [0.1, 0.15) is 23.7 Å². The summed E-state index contributed by atoms with van der Waals surface area (Å²) in [5.74, 6) is 1.08. The number of hydrogen-bond donors (Lipinski definition) is 1. The van der Waals surface area contributed by atoms with Crippen LogP contribution in [0.5, 0.6) is 5.75 Å². The number of halogens is 1. The van der Waals surface area contributed by atoms with E-state index in [4.69, 9.17) is 10.5 Å². The summed E-state index contributed by atoms with van der Waals surface area (Å²) in [6, 6.07) is 7.59. The van der Waals surface area contributed by atoms with E-state index in [-0.39, 0.29) is 24.4 Å². The first-order chi connectivity index (χ1) is 8.67. The van der Waals surface area contributed by atoms with Crippen molar-refractivity contribution in [1.29, 1.82) is 0 Å². The summed E-state index contributed by atoms with van der Waals surface area (Å²) in [4.78, 5) is 14.4. The van der Waals surface area contributed by atoms with Crippen molar-refractivity contribution in [3.05, 3.63) is 29.8 Å². The third kappa shape index (κ3) is 3.19. The summed E-state index contributed by atoms with van der Waals surface area (Å²) >= 11 is 0. The number of carbonyl (C=O) groups is 1. The lowest BCUT2D eigenvalue weighted by molar-refractivity contribution is 0.0740. The van der Waals surface area contributed by atoms with E-state index in [1.807, 2.05) is 29.2 Å².